The summed E-state index contributed by atoms with van der Waals surface area (Å²) in [6.45, 7) is 1.51. The average Bonchev–Trinajstić information content (AvgIpc) is 2.42. The molecule has 1 amide bonds. The third-order valence-corrected chi connectivity index (χ3v) is 3.13. The summed E-state index contributed by atoms with van der Waals surface area (Å²) in [6.07, 6.45) is -5.58. The van der Waals surface area contributed by atoms with Crippen LogP contribution in [0.25, 0.3) is 11.0 Å². The van der Waals surface area contributed by atoms with Gasteiger partial charge in [0.15, 0.2) is 0 Å². The van der Waals surface area contributed by atoms with Gasteiger partial charge < -0.3 is 14.8 Å². The molecule has 23 heavy (non-hydrogen) atoms. The molecular formula is C14H10F3NO5. The van der Waals surface area contributed by atoms with E-state index in [9.17, 15) is 27.6 Å². The molecule has 1 aromatic carbocycles. The van der Waals surface area contributed by atoms with Gasteiger partial charge in [0.2, 0.25) is 0 Å². The number of hydrogen-bond acceptors (Lipinski definition) is 4. The van der Waals surface area contributed by atoms with Crippen molar-refractivity contribution >= 4 is 28.5 Å². The normalized spacial score (nSPS) is 11.5. The number of aliphatic carboxylic acids is 1. The molecule has 1 aromatic heterocycles. The molecule has 9 heteroatoms. The van der Waals surface area contributed by atoms with Crippen LogP contribution < -0.4 is 10.9 Å². The Balaban J connectivity index is 2.48. The van der Waals surface area contributed by atoms with Gasteiger partial charge in [-0.1, -0.05) is 0 Å². The fraction of sp³-hybridized carbons (Fsp3) is 0.214. The number of anilines is 1. The van der Waals surface area contributed by atoms with E-state index in [0.29, 0.717) is 10.9 Å². The summed E-state index contributed by atoms with van der Waals surface area (Å²) in [5.41, 5.74) is -0.837. The molecule has 0 aliphatic carbocycles. The fourth-order valence-electron chi connectivity index (χ4n) is 2.03. The van der Waals surface area contributed by atoms with Gasteiger partial charge in [-0.05, 0) is 24.6 Å². The van der Waals surface area contributed by atoms with E-state index in [0.717, 1.165) is 6.07 Å². The van der Waals surface area contributed by atoms with Crippen LogP contribution in [0.1, 0.15) is 11.1 Å². The lowest BCUT2D eigenvalue weighted by Crippen LogP contribution is -2.29. The van der Waals surface area contributed by atoms with Crippen LogP contribution >= 0.6 is 0 Å². The minimum Gasteiger partial charge on any atom is -0.481 e. The number of hydrogen-bond donors (Lipinski definition) is 2. The first kappa shape index (κ1) is 16.5. The predicted octanol–water partition coefficient (Wildman–Crippen LogP) is 2.23. The fourth-order valence-corrected chi connectivity index (χ4v) is 2.03. The Morgan fingerprint density at radius 2 is 1.96 bits per heavy atom. The van der Waals surface area contributed by atoms with Gasteiger partial charge in [0.05, 0.1) is 12.0 Å². The van der Waals surface area contributed by atoms with Crippen LogP contribution in [0.5, 0.6) is 0 Å². The number of carboxylic acid groups (broad SMARTS) is 1. The maximum atomic E-state index is 12.2. The highest BCUT2D eigenvalue weighted by molar-refractivity contribution is 5.97. The zero-order chi connectivity index (χ0) is 17.4. The lowest BCUT2D eigenvalue weighted by atomic mass is 10.0. The minimum absolute atomic E-state index is 0.0444. The van der Waals surface area contributed by atoms with Crippen molar-refractivity contribution in [2.45, 2.75) is 19.5 Å². The molecule has 0 saturated carbocycles. The van der Waals surface area contributed by atoms with Gasteiger partial charge in [-0.3, -0.25) is 9.59 Å². The van der Waals surface area contributed by atoms with Gasteiger partial charge in [-0.15, -0.1) is 0 Å². The summed E-state index contributed by atoms with van der Waals surface area (Å²) in [4.78, 5) is 33.4. The second kappa shape index (κ2) is 5.75. The highest BCUT2D eigenvalue weighted by Gasteiger charge is 2.38. The van der Waals surface area contributed by atoms with E-state index in [2.05, 4.69) is 0 Å². The van der Waals surface area contributed by atoms with Crippen LogP contribution in [0.2, 0.25) is 0 Å². The van der Waals surface area contributed by atoms with Crippen LogP contribution in [0.4, 0.5) is 18.9 Å². The number of fused-ring (bicyclic) bond motifs is 1. The summed E-state index contributed by atoms with van der Waals surface area (Å²) in [6, 6.07) is 3.60. The summed E-state index contributed by atoms with van der Waals surface area (Å²) in [7, 11) is 0. The third kappa shape index (κ3) is 3.50. The summed E-state index contributed by atoms with van der Waals surface area (Å²) in [5, 5.41) is 10.8. The number of benzene rings is 1. The number of rotatable bonds is 3. The van der Waals surface area contributed by atoms with E-state index in [1.165, 1.54) is 19.1 Å². The first-order chi connectivity index (χ1) is 10.6. The van der Waals surface area contributed by atoms with Gasteiger partial charge in [-0.25, -0.2) is 4.79 Å². The van der Waals surface area contributed by atoms with Crippen molar-refractivity contribution < 1.29 is 32.3 Å². The van der Waals surface area contributed by atoms with Crippen molar-refractivity contribution in [1.82, 2.24) is 0 Å². The van der Waals surface area contributed by atoms with E-state index in [1.54, 1.807) is 5.32 Å². The number of halogens is 3. The number of carbonyl (C=O) groups is 2. The van der Waals surface area contributed by atoms with E-state index in [1.807, 2.05) is 0 Å². The lowest BCUT2D eigenvalue weighted by Gasteiger charge is -2.10. The molecule has 0 radical (unpaired) electrons. The lowest BCUT2D eigenvalue weighted by molar-refractivity contribution is -0.167. The van der Waals surface area contributed by atoms with Crippen LogP contribution in [-0.4, -0.2) is 23.2 Å². The van der Waals surface area contributed by atoms with Crippen molar-refractivity contribution in [3.8, 4) is 0 Å². The van der Waals surface area contributed by atoms with Crippen LogP contribution in [0, 0.1) is 6.92 Å². The zero-order valence-electron chi connectivity index (χ0n) is 11.7. The van der Waals surface area contributed by atoms with Crippen molar-refractivity contribution in [3.63, 3.8) is 0 Å². The molecule has 0 aliphatic rings. The number of carbonyl (C=O) groups excluding carboxylic acids is 1. The van der Waals surface area contributed by atoms with E-state index < -0.39 is 30.1 Å². The topological polar surface area (TPSA) is 96.6 Å². The summed E-state index contributed by atoms with van der Waals surface area (Å²) in [5.74, 6) is -3.37. The quantitative estimate of drug-likeness (QED) is 0.842. The van der Waals surface area contributed by atoms with E-state index >= 15 is 0 Å². The standard InChI is InChI=1S/C14H10F3NO5/c1-6-8-3-2-7(18-13(22)14(15,16)17)4-10(8)23-12(21)9(6)5-11(19)20/h2-4H,5H2,1H3,(H,18,22)(H,19,20). The predicted molar refractivity (Wildman–Crippen MR) is 73.2 cm³/mol. The first-order valence-electron chi connectivity index (χ1n) is 6.26. The second-order valence-corrected chi connectivity index (χ2v) is 4.73. The minimum atomic E-state index is -5.04. The molecule has 0 aliphatic heterocycles. The molecular weight excluding hydrogens is 319 g/mol. The monoisotopic (exact) mass is 329 g/mol. The number of carboxylic acids is 1. The molecule has 122 valence electrons. The van der Waals surface area contributed by atoms with Crippen molar-refractivity contribution in [2.75, 3.05) is 5.32 Å². The third-order valence-electron chi connectivity index (χ3n) is 3.13. The van der Waals surface area contributed by atoms with Gasteiger partial charge >= 0.3 is 23.7 Å². The van der Waals surface area contributed by atoms with Crippen molar-refractivity contribution in [3.05, 3.63) is 39.7 Å². The highest BCUT2D eigenvalue weighted by atomic mass is 19.4. The SMILES string of the molecule is Cc1c(CC(=O)O)c(=O)oc2cc(NC(=O)C(F)(F)F)ccc12. The Bertz CT molecular complexity index is 854. The van der Waals surface area contributed by atoms with Gasteiger partial charge in [0.1, 0.15) is 5.58 Å². The Hall–Kier alpha value is -2.84. The molecule has 0 fully saturated rings. The Morgan fingerprint density at radius 1 is 1.30 bits per heavy atom. The smallest absolute Gasteiger partial charge is 0.471 e. The Morgan fingerprint density at radius 3 is 2.52 bits per heavy atom. The molecule has 2 aromatic rings. The molecule has 2 N–H and O–H groups in total. The van der Waals surface area contributed by atoms with Crippen molar-refractivity contribution in [2.24, 2.45) is 0 Å². The molecule has 0 unspecified atom stereocenters. The van der Waals surface area contributed by atoms with Gasteiger partial charge in [-0.2, -0.15) is 13.2 Å². The molecule has 0 saturated heterocycles. The number of alkyl halides is 3. The second-order valence-electron chi connectivity index (χ2n) is 4.73. The molecule has 1 heterocycles. The zero-order valence-corrected chi connectivity index (χ0v) is 11.7. The largest absolute Gasteiger partial charge is 0.481 e. The van der Waals surface area contributed by atoms with Crippen molar-refractivity contribution in [1.29, 1.82) is 0 Å². The summed E-state index contributed by atoms with van der Waals surface area (Å²) < 4.78 is 41.6. The maximum absolute atomic E-state index is 12.2. The van der Waals surface area contributed by atoms with E-state index in [4.69, 9.17) is 9.52 Å². The van der Waals surface area contributed by atoms with Gasteiger partial charge in [0, 0.05) is 17.1 Å². The molecule has 0 spiro atoms. The number of aryl methyl sites for hydroxylation is 1. The highest BCUT2D eigenvalue weighted by Crippen LogP contribution is 2.24. The Kier molecular flexibility index (Phi) is 4.13. The molecule has 2 rings (SSSR count). The molecule has 6 nitrogen and oxygen atoms in total. The number of amides is 1. The van der Waals surface area contributed by atoms with Crippen LogP contribution in [0.15, 0.2) is 27.4 Å². The molecule has 0 bridgehead atoms. The maximum Gasteiger partial charge on any atom is 0.471 e. The average molecular weight is 329 g/mol. The molecule has 0 atom stereocenters. The van der Waals surface area contributed by atoms with Crippen LogP contribution in [-0.2, 0) is 16.0 Å². The Labute approximate surface area is 126 Å². The summed E-state index contributed by atoms with van der Waals surface area (Å²) >= 11 is 0. The van der Waals surface area contributed by atoms with E-state index in [-0.39, 0.29) is 16.8 Å². The van der Waals surface area contributed by atoms with Crippen LogP contribution in [0.3, 0.4) is 0 Å². The van der Waals surface area contributed by atoms with Gasteiger partial charge in [0.25, 0.3) is 0 Å². The number of nitrogens with one attached hydrogen (secondary N) is 1. The first-order valence-corrected chi connectivity index (χ1v) is 6.26.